The number of nitrogens with two attached hydrogens (primary N) is 1. The third-order valence-corrected chi connectivity index (χ3v) is 3.79. The van der Waals surface area contributed by atoms with Crippen LogP contribution in [0.3, 0.4) is 0 Å². The van der Waals surface area contributed by atoms with Crippen LogP contribution in [-0.2, 0) is 14.6 Å². The Morgan fingerprint density at radius 1 is 1.39 bits per heavy atom. The van der Waals surface area contributed by atoms with Crippen LogP contribution in [0, 0.1) is 0 Å². The molecule has 5 nitrogen and oxygen atoms in total. The van der Waals surface area contributed by atoms with Gasteiger partial charge in [0, 0.05) is 33.6 Å². The van der Waals surface area contributed by atoms with Crippen LogP contribution in [0.1, 0.15) is 6.42 Å². The predicted octanol–water partition coefficient (Wildman–Crippen LogP) is 1.15. The lowest BCUT2D eigenvalue weighted by Crippen LogP contribution is -2.21. The van der Waals surface area contributed by atoms with Crippen molar-refractivity contribution >= 4 is 21.2 Å². The summed E-state index contributed by atoms with van der Waals surface area (Å²) in [6.07, 6.45) is 2.06. The summed E-state index contributed by atoms with van der Waals surface area (Å²) < 4.78 is 27.8. The molecule has 0 aliphatic rings. The Balaban J connectivity index is 2.85. The molecular weight excluding hydrogens is 252 g/mol. The van der Waals surface area contributed by atoms with Gasteiger partial charge in [-0.15, -0.1) is 0 Å². The molecule has 0 saturated carbocycles. The number of nitrogen functional groups attached to an aromatic ring is 1. The van der Waals surface area contributed by atoms with Crippen molar-refractivity contribution in [3.8, 4) is 0 Å². The van der Waals surface area contributed by atoms with Crippen LogP contribution in [0.2, 0.25) is 0 Å². The van der Waals surface area contributed by atoms with Gasteiger partial charge in [-0.3, -0.25) is 0 Å². The quantitative estimate of drug-likeness (QED) is 0.621. The number of benzene rings is 1. The van der Waals surface area contributed by atoms with E-state index in [4.69, 9.17) is 10.5 Å². The molecule has 0 radical (unpaired) electrons. The molecule has 0 spiro atoms. The molecule has 0 saturated heterocycles. The Morgan fingerprint density at radius 2 is 2.06 bits per heavy atom. The van der Waals surface area contributed by atoms with Crippen molar-refractivity contribution in [1.29, 1.82) is 0 Å². The molecule has 6 heteroatoms. The van der Waals surface area contributed by atoms with Gasteiger partial charge in [-0.2, -0.15) is 0 Å². The average Bonchev–Trinajstić information content (AvgIpc) is 2.27. The van der Waals surface area contributed by atoms with Crippen LogP contribution >= 0.6 is 0 Å². The van der Waals surface area contributed by atoms with Gasteiger partial charge in [0.15, 0.2) is 9.84 Å². The Bertz CT molecular complexity index is 500. The topological polar surface area (TPSA) is 72.6 Å². The zero-order valence-corrected chi connectivity index (χ0v) is 11.8. The van der Waals surface area contributed by atoms with Crippen molar-refractivity contribution < 1.29 is 13.2 Å². The fraction of sp³-hybridized carbons (Fsp3) is 0.500. The van der Waals surface area contributed by atoms with Gasteiger partial charge in [0.2, 0.25) is 0 Å². The van der Waals surface area contributed by atoms with Crippen molar-refractivity contribution in [1.82, 2.24) is 0 Å². The molecule has 0 amide bonds. The molecule has 0 heterocycles. The van der Waals surface area contributed by atoms with Crippen molar-refractivity contribution in [3.63, 3.8) is 0 Å². The van der Waals surface area contributed by atoms with Crippen LogP contribution in [0.25, 0.3) is 0 Å². The fourth-order valence-corrected chi connectivity index (χ4v) is 2.33. The summed E-state index contributed by atoms with van der Waals surface area (Å²) in [5, 5.41) is 0. The fourth-order valence-electron chi connectivity index (χ4n) is 1.68. The second kappa shape index (κ2) is 6.06. The Labute approximate surface area is 108 Å². The van der Waals surface area contributed by atoms with E-state index in [1.165, 1.54) is 12.3 Å². The summed E-state index contributed by atoms with van der Waals surface area (Å²) in [5.74, 6) is 0. The number of ether oxygens (including phenoxy) is 1. The van der Waals surface area contributed by atoms with Gasteiger partial charge in [0.25, 0.3) is 0 Å². The van der Waals surface area contributed by atoms with Crippen molar-refractivity contribution in [3.05, 3.63) is 18.2 Å². The highest BCUT2D eigenvalue weighted by molar-refractivity contribution is 7.90. The van der Waals surface area contributed by atoms with Gasteiger partial charge in [-0.05, 0) is 24.6 Å². The summed E-state index contributed by atoms with van der Waals surface area (Å²) in [6, 6.07) is 4.81. The third-order valence-electron chi connectivity index (χ3n) is 2.68. The summed E-state index contributed by atoms with van der Waals surface area (Å²) >= 11 is 0. The Kier molecular flexibility index (Phi) is 4.98. The first-order valence-corrected chi connectivity index (χ1v) is 7.55. The second-order valence-corrected chi connectivity index (χ2v) is 6.28. The molecule has 1 aromatic rings. The lowest BCUT2D eigenvalue weighted by molar-refractivity contribution is 0.196. The number of sulfone groups is 1. The monoisotopic (exact) mass is 272 g/mol. The minimum Gasteiger partial charge on any atom is -0.397 e. The maximum atomic E-state index is 11.4. The normalized spacial score (nSPS) is 11.5. The van der Waals surface area contributed by atoms with Crippen molar-refractivity contribution in [2.24, 2.45) is 0 Å². The highest BCUT2D eigenvalue weighted by atomic mass is 32.2. The molecule has 0 aliphatic carbocycles. The van der Waals surface area contributed by atoms with E-state index in [1.807, 2.05) is 11.9 Å². The standard InChI is InChI=1S/C12H20N2O3S/c1-14(7-4-8-17-2)12-6-5-10(9-11(12)13)18(3,15)16/h5-6,9H,4,7-8,13H2,1-3H3. The summed E-state index contributed by atoms with van der Waals surface area (Å²) in [5.41, 5.74) is 7.19. The molecule has 1 aromatic carbocycles. The first-order chi connectivity index (χ1) is 8.36. The van der Waals surface area contributed by atoms with Crippen LogP contribution < -0.4 is 10.6 Å². The van der Waals surface area contributed by atoms with E-state index in [2.05, 4.69) is 0 Å². The maximum absolute atomic E-state index is 11.4. The Hall–Kier alpha value is -1.27. The van der Waals surface area contributed by atoms with E-state index in [0.29, 0.717) is 12.3 Å². The van der Waals surface area contributed by atoms with Gasteiger partial charge >= 0.3 is 0 Å². The van der Waals surface area contributed by atoms with E-state index in [-0.39, 0.29) is 4.90 Å². The number of anilines is 2. The largest absolute Gasteiger partial charge is 0.397 e. The van der Waals surface area contributed by atoms with E-state index >= 15 is 0 Å². The summed E-state index contributed by atoms with van der Waals surface area (Å²) in [7, 11) is 0.373. The first-order valence-electron chi connectivity index (χ1n) is 5.66. The molecule has 0 fully saturated rings. The first kappa shape index (κ1) is 14.8. The van der Waals surface area contributed by atoms with Gasteiger partial charge in [-0.25, -0.2) is 8.42 Å². The lowest BCUT2D eigenvalue weighted by Gasteiger charge is -2.21. The van der Waals surface area contributed by atoms with E-state index in [9.17, 15) is 8.42 Å². The second-order valence-electron chi connectivity index (χ2n) is 4.26. The van der Waals surface area contributed by atoms with Gasteiger partial charge < -0.3 is 15.4 Å². The molecule has 0 bridgehead atoms. The van der Waals surface area contributed by atoms with Gasteiger partial charge in [-0.1, -0.05) is 0 Å². The van der Waals surface area contributed by atoms with E-state index in [0.717, 1.165) is 18.7 Å². The van der Waals surface area contributed by atoms with Crippen molar-refractivity contribution in [2.75, 3.05) is 44.2 Å². The minimum absolute atomic E-state index is 0.244. The molecule has 102 valence electrons. The highest BCUT2D eigenvalue weighted by Gasteiger charge is 2.11. The molecule has 0 atom stereocenters. The van der Waals surface area contributed by atoms with Gasteiger partial charge in [0.05, 0.1) is 16.3 Å². The van der Waals surface area contributed by atoms with E-state index < -0.39 is 9.84 Å². The molecule has 2 N–H and O–H groups in total. The minimum atomic E-state index is -3.21. The predicted molar refractivity (Wildman–Crippen MR) is 73.7 cm³/mol. The average molecular weight is 272 g/mol. The lowest BCUT2D eigenvalue weighted by atomic mass is 10.2. The Morgan fingerprint density at radius 3 is 2.56 bits per heavy atom. The number of nitrogens with zero attached hydrogens (tertiary/aromatic N) is 1. The SMILES string of the molecule is COCCCN(C)c1ccc(S(C)(=O)=O)cc1N. The molecule has 1 rings (SSSR count). The zero-order valence-electron chi connectivity index (χ0n) is 11.0. The smallest absolute Gasteiger partial charge is 0.175 e. The van der Waals surface area contributed by atoms with Crippen molar-refractivity contribution in [2.45, 2.75) is 11.3 Å². The molecule has 0 aromatic heterocycles. The summed E-state index contributed by atoms with van der Waals surface area (Å²) in [6.45, 7) is 1.49. The zero-order chi connectivity index (χ0) is 13.8. The number of rotatable bonds is 6. The number of hydrogen-bond acceptors (Lipinski definition) is 5. The van der Waals surface area contributed by atoms with E-state index in [1.54, 1.807) is 19.2 Å². The maximum Gasteiger partial charge on any atom is 0.175 e. The molecule has 18 heavy (non-hydrogen) atoms. The third kappa shape index (κ3) is 3.89. The molecule has 0 aliphatic heterocycles. The highest BCUT2D eigenvalue weighted by Crippen LogP contribution is 2.25. The van der Waals surface area contributed by atoms with Crippen LogP contribution in [0.4, 0.5) is 11.4 Å². The van der Waals surface area contributed by atoms with Crippen LogP contribution in [0.15, 0.2) is 23.1 Å². The molecule has 0 unspecified atom stereocenters. The summed E-state index contributed by atoms with van der Waals surface area (Å²) in [4.78, 5) is 2.23. The van der Waals surface area contributed by atoms with Crippen LogP contribution in [-0.4, -0.2) is 42.0 Å². The van der Waals surface area contributed by atoms with Gasteiger partial charge in [0.1, 0.15) is 0 Å². The molecular formula is C12H20N2O3S. The number of hydrogen-bond donors (Lipinski definition) is 1. The van der Waals surface area contributed by atoms with Crippen LogP contribution in [0.5, 0.6) is 0 Å². The number of methoxy groups -OCH3 is 1.